The number of hydrogen-bond acceptors (Lipinski definition) is 3. The van der Waals surface area contributed by atoms with Crippen molar-refractivity contribution in [1.82, 2.24) is 9.88 Å². The maximum absolute atomic E-state index is 13.6. The number of piperidine rings is 1. The van der Waals surface area contributed by atoms with Gasteiger partial charge in [-0.25, -0.2) is 8.78 Å². The fourth-order valence-electron chi connectivity index (χ4n) is 3.72. The summed E-state index contributed by atoms with van der Waals surface area (Å²) in [7, 11) is 0. The van der Waals surface area contributed by atoms with E-state index >= 15 is 0 Å². The van der Waals surface area contributed by atoms with Crippen molar-refractivity contribution < 1.29 is 26.4 Å². The maximum atomic E-state index is 13.6. The molecule has 3 aromatic rings. The summed E-state index contributed by atoms with van der Waals surface area (Å²) in [5.74, 6) is -2.11. The van der Waals surface area contributed by atoms with Gasteiger partial charge >= 0.3 is 6.18 Å². The van der Waals surface area contributed by atoms with Gasteiger partial charge in [0.05, 0.1) is 11.3 Å². The van der Waals surface area contributed by atoms with Crippen LogP contribution in [0.5, 0.6) is 0 Å². The number of halogens is 5. The molecule has 0 unspecified atom stereocenters. The van der Waals surface area contributed by atoms with Crippen LogP contribution in [-0.2, 0) is 19.1 Å². The number of benzene rings is 1. The molecule has 2 aromatic heterocycles. The second-order valence-corrected chi connectivity index (χ2v) is 7.69. The Morgan fingerprint density at radius 3 is 2.43 bits per heavy atom. The fraction of sp³-hybridized carbons (Fsp3) is 0.409. The van der Waals surface area contributed by atoms with Crippen LogP contribution in [0, 0.1) is 0 Å². The highest BCUT2D eigenvalue weighted by Crippen LogP contribution is 2.39. The molecule has 3 nitrogen and oxygen atoms in total. The Balaban J connectivity index is 1.59. The minimum absolute atomic E-state index is 0.163. The predicted octanol–water partition coefficient (Wildman–Crippen LogP) is 6.31. The number of aromatic nitrogens is 1. The van der Waals surface area contributed by atoms with Crippen LogP contribution in [0.2, 0.25) is 0 Å². The molecule has 3 heterocycles. The number of pyridine rings is 1. The van der Waals surface area contributed by atoms with E-state index in [1.54, 1.807) is 30.5 Å². The van der Waals surface area contributed by atoms with Crippen LogP contribution < -0.4 is 0 Å². The van der Waals surface area contributed by atoms with Crippen molar-refractivity contribution in [2.75, 3.05) is 13.1 Å². The van der Waals surface area contributed by atoms with Crippen molar-refractivity contribution >= 4 is 11.0 Å². The third-order valence-electron chi connectivity index (χ3n) is 5.44. The average Bonchev–Trinajstić information content (AvgIpc) is 3.12. The lowest BCUT2D eigenvalue weighted by atomic mass is 10.0. The molecule has 1 aliphatic rings. The zero-order valence-electron chi connectivity index (χ0n) is 16.4. The summed E-state index contributed by atoms with van der Waals surface area (Å²) in [6.07, 6.45) is -2.79. The summed E-state index contributed by atoms with van der Waals surface area (Å²) >= 11 is 0. The van der Waals surface area contributed by atoms with Crippen LogP contribution >= 0.6 is 0 Å². The highest BCUT2D eigenvalue weighted by molar-refractivity contribution is 5.87. The van der Waals surface area contributed by atoms with Gasteiger partial charge in [-0.15, -0.1) is 0 Å². The molecule has 1 aliphatic heterocycles. The molecule has 1 aromatic carbocycles. The standard InChI is InChI=1S/C22H21F5N2O/c1-2-17-10-16-9-15(11-18(20(16)30-17)22(25,26)27)19-4-3-14(12-28-19)13-29-7-5-21(23,24)6-8-29/h3-4,9-12H,2,5-8,13H2,1H3. The first-order valence-corrected chi connectivity index (χ1v) is 9.84. The van der Waals surface area contributed by atoms with Gasteiger partial charge in [0.15, 0.2) is 0 Å². The number of alkyl halides is 5. The molecule has 0 saturated carbocycles. The molecule has 0 bridgehead atoms. The normalized spacial score (nSPS) is 17.5. The third kappa shape index (κ3) is 4.33. The quantitative estimate of drug-likeness (QED) is 0.460. The van der Waals surface area contributed by atoms with E-state index in [0.717, 1.165) is 11.6 Å². The lowest BCUT2D eigenvalue weighted by Crippen LogP contribution is -2.38. The minimum atomic E-state index is -4.55. The Labute approximate surface area is 170 Å². The lowest BCUT2D eigenvalue weighted by Gasteiger charge is -2.31. The number of nitrogens with zero attached hydrogens (tertiary/aromatic N) is 2. The highest BCUT2D eigenvalue weighted by Gasteiger charge is 2.35. The van der Waals surface area contributed by atoms with Gasteiger partial charge in [0.1, 0.15) is 11.3 Å². The minimum Gasteiger partial charge on any atom is -0.460 e. The summed E-state index contributed by atoms with van der Waals surface area (Å²) in [4.78, 5) is 6.26. The summed E-state index contributed by atoms with van der Waals surface area (Å²) in [5, 5.41) is 0.386. The van der Waals surface area contributed by atoms with Crippen molar-refractivity contribution in [3.63, 3.8) is 0 Å². The van der Waals surface area contributed by atoms with Crippen LogP contribution in [-0.4, -0.2) is 28.9 Å². The van der Waals surface area contributed by atoms with Crippen LogP contribution in [0.1, 0.15) is 36.7 Å². The first-order valence-electron chi connectivity index (χ1n) is 9.84. The van der Waals surface area contributed by atoms with E-state index in [0.29, 0.717) is 48.5 Å². The molecular formula is C22H21F5N2O. The molecule has 1 fully saturated rings. The molecule has 0 radical (unpaired) electrons. The first-order chi connectivity index (χ1) is 14.1. The molecule has 0 atom stereocenters. The zero-order valence-corrected chi connectivity index (χ0v) is 16.4. The van der Waals surface area contributed by atoms with Crippen molar-refractivity contribution in [1.29, 1.82) is 0 Å². The summed E-state index contributed by atoms with van der Waals surface area (Å²) < 4.78 is 72.7. The van der Waals surface area contributed by atoms with Gasteiger partial charge in [0, 0.05) is 56.0 Å². The van der Waals surface area contributed by atoms with Gasteiger partial charge in [-0.2, -0.15) is 13.2 Å². The highest BCUT2D eigenvalue weighted by atomic mass is 19.4. The molecule has 4 rings (SSSR count). The van der Waals surface area contributed by atoms with E-state index in [4.69, 9.17) is 4.42 Å². The van der Waals surface area contributed by atoms with E-state index in [1.807, 2.05) is 11.8 Å². The van der Waals surface area contributed by atoms with Crippen LogP contribution in [0.15, 0.2) is 40.9 Å². The van der Waals surface area contributed by atoms with Gasteiger partial charge in [-0.05, 0) is 29.8 Å². The van der Waals surface area contributed by atoms with E-state index in [2.05, 4.69) is 4.98 Å². The smallest absolute Gasteiger partial charge is 0.420 e. The first kappa shape index (κ1) is 20.8. The van der Waals surface area contributed by atoms with E-state index in [-0.39, 0.29) is 18.4 Å². The molecule has 0 amide bonds. The van der Waals surface area contributed by atoms with Crippen LogP contribution in [0.25, 0.3) is 22.2 Å². The number of hydrogen-bond donors (Lipinski definition) is 0. The second kappa shape index (κ2) is 7.65. The van der Waals surface area contributed by atoms with Crippen LogP contribution in [0.3, 0.4) is 0 Å². The molecule has 160 valence electrons. The number of rotatable bonds is 4. The Bertz CT molecular complexity index is 1030. The predicted molar refractivity (Wildman–Crippen MR) is 103 cm³/mol. The largest absolute Gasteiger partial charge is 0.460 e. The molecule has 1 saturated heterocycles. The van der Waals surface area contributed by atoms with E-state index < -0.39 is 17.7 Å². The molecular weight excluding hydrogens is 403 g/mol. The van der Waals surface area contributed by atoms with Crippen molar-refractivity contribution in [3.8, 4) is 11.3 Å². The molecule has 8 heteroatoms. The third-order valence-corrected chi connectivity index (χ3v) is 5.44. The summed E-state index contributed by atoms with van der Waals surface area (Å²) in [5.41, 5.74) is 0.604. The number of aryl methyl sites for hydroxylation is 1. The second-order valence-electron chi connectivity index (χ2n) is 7.69. The number of likely N-dealkylation sites (tertiary alicyclic amines) is 1. The molecule has 0 N–H and O–H groups in total. The Morgan fingerprint density at radius 2 is 1.83 bits per heavy atom. The monoisotopic (exact) mass is 424 g/mol. The number of fused-ring (bicyclic) bond motifs is 1. The van der Waals surface area contributed by atoms with Crippen LogP contribution in [0.4, 0.5) is 22.0 Å². The van der Waals surface area contributed by atoms with Crippen molar-refractivity contribution in [3.05, 3.63) is 53.4 Å². The van der Waals surface area contributed by atoms with Gasteiger partial charge in [-0.1, -0.05) is 13.0 Å². The SMILES string of the molecule is CCc1cc2cc(-c3ccc(CN4CCC(F)(F)CC4)cn3)cc(C(F)(F)F)c2o1. The fourth-order valence-corrected chi connectivity index (χ4v) is 3.72. The molecule has 30 heavy (non-hydrogen) atoms. The molecule has 0 aliphatic carbocycles. The topological polar surface area (TPSA) is 29.3 Å². The van der Waals surface area contributed by atoms with E-state index in [1.165, 1.54) is 0 Å². The van der Waals surface area contributed by atoms with Gasteiger partial charge < -0.3 is 4.42 Å². The summed E-state index contributed by atoms with van der Waals surface area (Å²) in [6.45, 7) is 2.91. The van der Waals surface area contributed by atoms with Gasteiger partial charge in [-0.3, -0.25) is 9.88 Å². The zero-order chi connectivity index (χ0) is 21.5. The Hall–Kier alpha value is -2.48. The van der Waals surface area contributed by atoms with Gasteiger partial charge in [0.25, 0.3) is 5.92 Å². The Kier molecular flexibility index (Phi) is 5.30. The average molecular weight is 424 g/mol. The molecule has 0 spiro atoms. The van der Waals surface area contributed by atoms with E-state index in [9.17, 15) is 22.0 Å². The van der Waals surface area contributed by atoms with Crippen molar-refractivity contribution in [2.45, 2.75) is 44.8 Å². The lowest BCUT2D eigenvalue weighted by molar-refractivity contribution is -0.136. The Morgan fingerprint density at radius 1 is 1.10 bits per heavy atom. The van der Waals surface area contributed by atoms with Crippen molar-refractivity contribution in [2.24, 2.45) is 0 Å². The van der Waals surface area contributed by atoms with Gasteiger partial charge in [0.2, 0.25) is 0 Å². The summed E-state index contributed by atoms with van der Waals surface area (Å²) in [6, 6.07) is 7.76. The maximum Gasteiger partial charge on any atom is 0.420 e. The number of furan rings is 1.